The molecule has 2 atom stereocenters. The van der Waals surface area contributed by atoms with E-state index in [1.54, 1.807) is 6.07 Å². The first-order valence-corrected chi connectivity index (χ1v) is 12.8. The van der Waals surface area contributed by atoms with Gasteiger partial charge in [-0.15, -0.1) is 0 Å². The van der Waals surface area contributed by atoms with Crippen LogP contribution in [0.5, 0.6) is 0 Å². The molecule has 3 aromatic carbocycles. The summed E-state index contributed by atoms with van der Waals surface area (Å²) in [5.41, 5.74) is 13.8. The van der Waals surface area contributed by atoms with E-state index >= 15 is 0 Å². The number of nitrogens with zero attached hydrogens (tertiary/aromatic N) is 3. The van der Waals surface area contributed by atoms with Crippen molar-refractivity contribution in [3.8, 4) is 0 Å². The number of carbonyl (C=O) groups excluding carboxylic acids is 1. The van der Waals surface area contributed by atoms with Crippen LogP contribution in [0.4, 0.5) is 11.8 Å². The van der Waals surface area contributed by atoms with E-state index in [-0.39, 0.29) is 29.9 Å². The largest absolute Gasteiger partial charge is 0.370 e. The van der Waals surface area contributed by atoms with E-state index in [0.717, 1.165) is 57.4 Å². The zero-order valence-corrected chi connectivity index (χ0v) is 21.5. The average molecular weight is 546 g/mol. The lowest BCUT2D eigenvalue weighted by Crippen LogP contribution is -2.38. The van der Waals surface area contributed by atoms with Crippen molar-refractivity contribution < 1.29 is 4.79 Å². The fourth-order valence-electron chi connectivity index (χ4n) is 4.74. The van der Waals surface area contributed by atoms with Crippen molar-refractivity contribution in [1.29, 1.82) is 0 Å². The van der Waals surface area contributed by atoms with Crippen LogP contribution in [0.25, 0.3) is 21.7 Å². The lowest BCUT2D eigenvalue weighted by atomic mass is 9.90. The normalized spacial score (nSPS) is 17.6. The van der Waals surface area contributed by atoms with Crippen LogP contribution in [-0.4, -0.2) is 33.9 Å². The second kappa shape index (κ2) is 10.1. The van der Waals surface area contributed by atoms with Crippen molar-refractivity contribution in [1.82, 2.24) is 9.97 Å². The van der Waals surface area contributed by atoms with E-state index < -0.39 is 0 Å². The molecule has 6 N–H and O–H groups in total. The lowest BCUT2D eigenvalue weighted by Gasteiger charge is -2.30. The van der Waals surface area contributed by atoms with Gasteiger partial charge in [-0.05, 0) is 66.9 Å². The third kappa shape index (κ3) is 5.26. The molecule has 184 valence electrons. The number of guanidine groups is 1. The maximum Gasteiger partial charge on any atom is 0.258 e. The number of fused-ring (bicyclic) bond motifs is 2. The summed E-state index contributed by atoms with van der Waals surface area (Å²) >= 11 is 3.48. The molecular formula is C27H28BrN7O. The number of hydrogen-bond donors (Lipinski definition) is 4. The molecule has 0 spiro atoms. The van der Waals surface area contributed by atoms with E-state index in [9.17, 15) is 4.79 Å². The van der Waals surface area contributed by atoms with Crippen molar-refractivity contribution in [2.24, 2.45) is 16.5 Å². The number of nitrogens with one attached hydrogen (secondary N) is 2. The molecule has 1 aliphatic rings. The Hall–Kier alpha value is -3.72. The standard InChI is InChI=1S/C27H28BrN7O/c1-15-6-11-21-20(12-15)24(31-22-4-2-3-5-23(22)32-26(29)30)34-27(33-21)35-25(36)18-8-7-17-14-19(28)10-9-16(17)13-18/h6-14,22-23H,2-5H2,1H3,(H4,29,30,32)(H2,31,33,34,35,36). The van der Waals surface area contributed by atoms with Gasteiger partial charge in [-0.2, -0.15) is 4.98 Å². The van der Waals surface area contributed by atoms with Crippen LogP contribution in [-0.2, 0) is 0 Å². The number of carbonyl (C=O) groups is 1. The Labute approximate surface area is 217 Å². The number of anilines is 2. The van der Waals surface area contributed by atoms with Crippen molar-refractivity contribution in [3.63, 3.8) is 0 Å². The summed E-state index contributed by atoms with van der Waals surface area (Å²) in [6.45, 7) is 2.03. The Balaban J connectivity index is 1.47. The van der Waals surface area contributed by atoms with E-state index in [4.69, 9.17) is 16.5 Å². The summed E-state index contributed by atoms with van der Waals surface area (Å²) in [5, 5.41) is 9.36. The van der Waals surface area contributed by atoms with Gasteiger partial charge in [-0.3, -0.25) is 10.1 Å². The Morgan fingerprint density at radius 1 is 1.00 bits per heavy atom. The van der Waals surface area contributed by atoms with Crippen molar-refractivity contribution in [3.05, 3.63) is 70.2 Å². The first-order chi connectivity index (χ1) is 17.4. The highest BCUT2D eigenvalue weighted by Gasteiger charge is 2.26. The molecule has 2 unspecified atom stereocenters. The topological polar surface area (TPSA) is 131 Å². The molecule has 0 radical (unpaired) electrons. The Morgan fingerprint density at radius 3 is 2.61 bits per heavy atom. The molecule has 5 rings (SSSR count). The molecule has 1 aliphatic carbocycles. The first-order valence-electron chi connectivity index (χ1n) is 12.0. The summed E-state index contributed by atoms with van der Waals surface area (Å²) in [5.74, 6) is 0.718. The number of benzene rings is 3. The summed E-state index contributed by atoms with van der Waals surface area (Å²) in [6.07, 6.45) is 3.99. The van der Waals surface area contributed by atoms with Crippen LogP contribution < -0.4 is 22.1 Å². The minimum absolute atomic E-state index is 0.0304. The molecule has 9 heteroatoms. The fraction of sp³-hybridized carbons (Fsp3) is 0.259. The molecule has 0 bridgehead atoms. The highest BCUT2D eigenvalue weighted by Crippen LogP contribution is 2.29. The van der Waals surface area contributed by atoms with Crippen LogP contribution >= 0.6 is 15.9 Å². The van der Waals surface area contributed by atoms with Crippen LogP contribution in [0.1, 0.15) is 41.6 Å². The van der Waals surface area contributed by atoms with Gasteiger partial charge in [0.2, 0.25) is 5.95 Å². The summed E-state index contributed by atoms with van der Waals surface area (Å²) in [4.78, 5) is 26.9. The number of nitrogens with two attached hydrogens (primary N) is 2. The second-order valence-corrected chi connectivity index (χ2v) is 10.1. The number of aliphatic imine (C=N–C) groups is 1. The van der Waals surface area contributed by atoms with Gasteiger partial charge in [0.15, 0.2) is 5.96 Å². The third-order valence-electron chi connectivity index (χ3n) is 6.51. The van der Waals surface area contributed by atoms with Crippen molar-refractivity contribution in [2.45, 2.75) is 44.7 Å². The van der Waals surface area contributed by atoms with Gasteiger partial charge in [0, 0.05) is 15.4 Å². The predicted molar refractivity (Wildman–Crippen MR) is 149 cm³/mol. The monoisotopic (exact) mass is 545 g/mol. The predicted octanol–water partition coefficient (Wildman–Crippen LogP) is 5.10. The molecule has 1 saturated carbocycles. The lowest BCUT2D eigenvalue weighted by molar-refractivity contribution is 0.102. The van der Waals surface area contributed by atoms with Gasteiger partial charge in [-0.25, -0.2) is 9.98 Å². The summed E-state index contributed by atoms with van der Waals surface area (Å²) in [6, 6.07) is 17.5. The zero-order chi connectivity index (χ0) is 25.2. The number of amides is 1. The third-order valence-corrected chi connectivity index (χ3v) is 7.00. The molecule has 4 aromatic rings. The van der Waals surface area contributed by atoms with Gasteiger partial charge < -0.3 is 16.8 Å². The Morgan fingerprint density at radius 2 is 1.78 bits per heavy atom. The smallest absolute Gasteiger partial charge is 0.258 e. The van der Waals surface area contributed by atoms with E-state index in [0.29, 0.717) is 11.4 Å². The summed E-state index contributed by atoms with van der Waals surface area (Å²) in [7, 11) is 0. The number of aromatic nitrogens is 2. The molecule has 8 nitrogen and oxygen atoms in total. The van der Waals surface area contributed by atoms with Gasteiger partial charge in [0.1, 0.15) is 5.82 Å². The molecule has 0 saturated heterocycles. The van der Waals surface area contributed by atoms with E-state index in [2.05, 4.69) is 36.5 Å². The molecular weight excluding hydrogens is 518 g/mol. The maximum absolute atomic E-state index is 13.1. The number of aryl methyl sites for hydroxylation is 1. The fourth-order valence-corrected chi connectivity index (χ4v) is 5.12. The highest BCUT2D eigenvalue weighted by atomic mass is 79.9. The van der Waals surface area contributed by atoms with Gasteiger partial charge in [0.05, 0.1) is 17.6 Å². The molecule has 1 aromatic heterocycles. The van der Waals surface area contributed by atoms with Crippen molar-refractivity contribution >= 4 is 61.2 Å². The second-order valence-electron chi connectivity index (χ2n) is 9.23. The minimum Gasteiger partial charge on any atom is -0.370 e. The molecule has 36 heavy (non-hydrogen) atoms. The minimum atomic E-state index is -0.270. The molecule has 1 fully saturated rings. The molecule has 1 heterocycles. The highest BCUT2D eigenvalue weighted by molar-refractivity contribution is 9.10. The number of rotatable bonds is 5. The SMILES string of the molecule is Cc1ccc2nc(NC(=O)c3ccc4cc(Br)ccc4c3)nc(NC3CCCCC3N=C(N)N)c2c1. The van der Waals surface area contributed by atoms with Crippen LogP contribution in [0.3, 0.4) is 0 Å². The van der Waals surface area contributed by atoms with E-state index in [1.807, 2.05) is 55.5 Å². The quantitative estimate of drug-likeness (QED) is 0.203. The van der Waals surface area contributed by atoms with Crippen molar-refractivity contribution in [2.75, 3.05) is 10.6 Å². The maximum atomic E-state index is 13.1. The van der Waals surface area contributed by atoms with Crippen LogP contribution in [0.2, 0.25) is 0 Å². The number of hydrogen-bond acceptors (Lipinski definition) is 5. The molecule has 1 amide bonds. The van der Waals surface area contributed by atoms with Gasteiger partial charge in [0.25, 0.3) is 5.91 Å². The zero-order valence-electron chi connectivity index (χ0n) is 20.0. The van der Waals surface area contributed by atoms with Crippen LogP contribution in [0.15, 0.2) is 64.1 Å². The molecule has 0 aliphatic heterocycles. The summed E-state index contributed by atoms with van der Waals surface area (Å²) < 4.78 is 0.993. The first kappa shape index (κ1) is 24.0. The van der Waals surface area contributed by atoms with Gasteiger partial charge >= 0.3 is 0 Å². The van der Waals surface area contributed by atoms with Crippen LogP contribution in [0, 0.1) is 6.92 Å². The van der Waals surface area contributed by atoms with E-state index in [1.165, 1.54) is 0 Å². The Bertz CT molecular complexity index is 1480. The average Bonchev–Trinajstić information content (AvgIpc) is 2.85. The Kier molecular flexibility index (Phi) is 6.73. The number of halogens is 1. The van der Waals surface area contributed by atoms with Gasteiger partial charge in [-0.1, -0.05) is 52.5 Å².